The number of alkyl carbamates (subject to hydrolysis) is 1. The molecular formula is C33H38N4O4. The maximum absolute atomic E-state index is 13.1. The number of aliphatic imine (C=N–C) groups is 1. The number of hydrogen-bond donors (Lipinski definition) is 3. The van der Waals surface area contributed by atoms with Gasteiger partial charge in [0, 0.05) is 42.2 Å². The van der Waals surface area contributed by atoms with Gasteiger partial charge in [0.05, 0.1) is 17.0 Å². The number of fused-ring (bicyclic) bond motifs is 1. The van der Waals surface area contributed by atoms with Crippen LogP contribution in [0.2, 0.25) is 0 Å². The highest BCUT2D eigenvalue weighted by molar-refractivity contribution is 6.22. The lowest BCUT2D eigenvalue weighted by molar-refractivity contribution is 0.0523. The lowest BCUT2D eigenvalue weighted by Crippen LogP contribution is -2.32. The third kappa shape index (κ3) is 7.54. The Morgan fingerprint density at radius 1 is 1.00 bits per heavy atom. The molecule has 0 unspecified atom stereocenters. The van der Waals surface area contributed by atoms with Gasteiger partial charge in [-0.3, -0.25) is 4.79 Å². The predicted molar refractivity (Wildman–Crippen MR) is 163 cm³/mol. The van der Waals surface area contributed by atoms with Gasteiger partial charge in [-0.15, -0.1) is 0 Å². The molecule has 8 heteroatoms. The Kier molecular flexibility index (Phi) is 9.12. The molecule has 3 N–H and O–H groups in total. The SMILES string of the molecule is CCCCN(C)C(=O)c1ccc2[nH]c(O)c(C(=Nc3ccc(CNC(=O)OC(C)(C)C)cc3)c3ccccc3)c2c1. The number of nitrogens with zero attached hydrogens (tertiary/aromatic N) is 2. The first-order chi connectivity index (χ1) is 19.6. The van der Waals surface area contributed by atoms with Crippen molar-refractivity contribution in [2.45, 2.75) is 52.7 Å². The fraction of sp³-hybridized carbons (Fsp3) is 0.303. The summed E-state index contributed by atoms with van der Waals surface area (Å²) >= 11 is 0. The van der Waals surface area contributed by atoms with E-state index in [9.17, 15) is 14.7 Å². The van der Waals surface area contributed by atoms with Crippen molar-refractivity contribution in [3.8, 4) is 5.88 Å². The van der Waals surface area contributed by atoms with Crippen LogP contribution in [0.4, 0.5) is 10.5 Å². The Hall–Kier alpha value is -4.59. The summed E-state index contributed by atoms with van der Waals surface area (Å²) in [5.41, 5.74) is 4.15. The first-order valence-electron chi connectivity index (χ1n) is 13.9. The molecule has 0 aliphatic carbocycles. The van der Waals surface area contributed by atoms with Crippen LogP contribution in [0.1, 0.15) is 67.6 Å². The number of unbranched alkanes of at least 4 members (excludes halogenated alkanes) is 1. The van der Waals surface area contributed by atoms with Crippen molar-refractivity contribution >= 4 is 34.3 Å². The van der Waals surface area contributed by atoms with Crippen molar-refractivity contribution in [3.05, 3.63) is 95.1 Å². The minimum absolute atomic E-state index is 0.0234. The van der Waals surface area contributed by atoms with Crippen molar-refractivity contribution in [1.29, 1.82) is 0 Å². The Morgan fingerprint density at radius 3 is 2.37 bits per heavy atom. The number of amides is 2. The molecule has 0 aliphatic heterocycles. The fourth-order valence-corrected chi connectivity index (χ4v) is 4.43. The van der Waals surface area contributed by atoms with Gasteiger partial charge < -0.3 is 25.0 Å². The summed E-state index contributed by atoms with van der Waals surface area (Å²) in [4.78, 5) is 34.9. The van der Waals surface area contributed by atoms with E-state index in [-0.39, 0.29) is 11.8 Å². The smallest absolute Gasteiger partial charge is 0.407 e. The summed E-state index contributed by atoms with van der Waals surface area (Å²) in [6.45, 7) is 8.55. The maximum atomic E-state index is 13.1. The maximum Gasteiger partial charge on any atom is 0.407 e. The zero-order valence-corrected chi connectivity index (χ0v) is 24.3. The standard InChI is InChI=1S/C33H38N4O4/c1-6-7-19-37(5)31(39)24-15-18-27-26(20-24)28(30(38)36-27)29(23-11-9-8-10-12-23)35-25-16-13-22(14-17-25)21-34-32(40)41-33(2,3)4/h8-18,20,36,38H,6-7,19,21H2,1-5H3,(H,34,40). The van der Waals surface area contributed by atoms with Crippen LogP contribution >= 0.6 is 0 Å². The van der Waals surface area contributed by atoms with E-state index in [1.165, 1.54) is 0 Å². The first kappa shape index (κ1) is 29.4. The Labute approximate surface area is 241 Å². The van der Waals surface area contributed by atoms with Crippen LogP contribution in [0.5, 0.6) is 5.88 Å². The van der Waals surface area contributed by atoms with Crippen LogP contribution in [-0.2, 0) is 11.3 Å². The highest BCUT2D eigenvalue weighted by Crippen LogP contribution is 2.32. The average Bonchev–Trinajstić information content (AvgIpc) is 3.27. The van der Waals surface area contributed by atoms with Crippen molar-refractivity contribution in [3.63, 3.8) is 0 Å². The van der Waals surface area contributed by atoms with E-state index in [2.05, 4.69) is 17.2 Å². The number of benzene rings is 3. The number of aromatic amines is 1. The van der Waals surface area contributed by atoms with E-state index in [0.29, 0.717) is 46.5 Å². The number of ether oxygens (including phenoxy) is 1. The van der Waals surface area contributed by atoms with Crippen molar-refractivity contribution in [2.75, 3.05) is 13.6 Å². The normalized spacial score (nSPS) is 11.9. The number of carbonyl (C=O) groups is 2. The summed E-state index contributed by atoms with van der Waals surface area (Å²) < 4.78 is 5.30. The minimum atomic E-state index is -0.566. The molecule has 0 saturated heterocycles. The van der Waals surface area contributed by atoms with Gasteiger partial charge in [0.1, 0.15) is 5.60 Å². The van der Waals surface area contributed by atoms with Crippen molar-refractivity contribution in [2.24, 2.45) is 4.99 Å². The van der Waals surface area contributed by atoms with Gasteiger partial charge in [-0.1, -0.05) is 55.8 Å². The molecular weight excluding hydrogens is 516 g/mol. The number of aromatic hydroxyl groups is 1. The topological polar surface area (TPSA) is 107 Å². The second-order valence-corrected chi connectivity index (χ2v) is 11.0. The first-order valence-corrected chi connectivity index (χ1v) is 13.9. The van der Waals surface area contributed by atoms with Crippen molar-refractivity contribution in [1.82, 2.24) is 15.2 Å². The van der Waals surface area contributed by atoms with Gasteiger partial charge in [-0.25, -0.2) is 9.79 Å². The molecule has 0 bridgehead atoms. The monoisotopic (exact) mass is 554 g/mol. The van der Waals surface area contributed by atoms with Crippen LogP contribution in [0.25, 0.3) is 10.9 Å². The van der Waals surface area contributed by atoms with Crippen LogP contribution < -0.4 is 5.32 Å². The molecule has 0 radical (unpaired) electrons. The zero-order chi connectivity index (χ0) is 29.6. The summed E-state index contributed by atoms with van der Waals surface area (Å²) in [6.07, 6.45) is 1.46. The molecule has 0 saturated carbocycles. The second kappa shape index (κ2) is 12.7. The van der Waals surface area contributed by atoms with Gasteiger partial charge in [0.2, 0.25) is 0 Å². The molecule has 214 valence electrons. The number of carbonyl (C=O) groups excluding carboxylic acids is 2. The highest BCUT2D eigenvalue weighted by atomic mass is 16.6. The third-order valence-electron chi connectivity index (χ3n) is 6.52. The van der Waals surface area contributed by atoms with Crippen LogP contribution in [-0.4, -0.2) is 51.9 Å². The van der Waals surface area contributed by atoms with E-state index in [1.807, 2.05) is 87.5 Å². The largest absolute Gasteiger partial charge is 0.494 e. The van der Waals surface area contributed by atoms with Gasteiger partial charge in [-0.05, 0) is 63.1 Å². The molecule has 3 aromatic carbocycles. The van der Waals surface area contributed by atoms with Gasteiger partial charge >= 0.3 is 6.09 Å². The van der Waals surface area contributed by atoms with E-state index in [0.717, 1.165) is 24.0 Å². The van der Waals surface area contributed by atoms with Crippen LogP contribution in [0, 0.1) is 0 Å². The second-order valence-electron chi connectivity index (χ2n) is 11.0. The summed E-state index contributed by atoms with van der Waals surface area (Å²) in [5.74, 6) is -0.0921. The number of rotatable bonds is 9. The van der Waals surface area contributed by atoms with Gasteiger partial charge in [0.25, 0.3) is 5.91 Å². The van der Waals surface area contributed by atoms with Gasteiger partial charge in [0.15, 0.2) is 5.88 Å². The Bertz CT molecular complexity index is 1530. The Balaban J connectivity index is 1.69. The van der Waals surface area contributed by atoms with E-state index < -0.39 is 11.7 Å². The molecule has 41 heavy (non-hydrogen) atoms. The van der Waals surface area contributed by atoms with Crippen LogP contribution in [0.3, 0.4) is 0 Å². The molecule has 2 amide bonds. The molecule has 4 rings (SSSR count). The van der Waals surface area contributed by atoms with E-state index in [1.54, 1.807) is 18.0 Å². The molecule has 4 aromatic rings. The number of nitrogens with one attached hydrogen (secondary N) is 2. The fourth-order valence-electron chi connectivity index (χ4n) is 4.43. The molecule has 0 atom stereocenters. The lowest BCUT2D eigenvalue weighted by Gasteiger charge is -2.19. The van der Waals surface area contributed by atoms with Crippen molar-refractivity contribution < 1.29 is 19.4 Å². The van der Waals surface area contributed by atoms with E-state index >= 15 is 0 Å². The van der Waals surface area contributed by atoms with Gasteiger partial charge in [-0.2, -0.15) is 0 Å². The lowest BCUT2D eigenvalue weighted by atomic mass is 9.99. The third-order valence-corrected chi connectivity index (χ3v) is 6.52. The summed E-state index contributed by atoms with van der Waals surface area (Å²) in [5, 5.41) is 14.5. The quantitative estimate of drug-likeness (QED) is 0.195. The highest BCUT2D eigenvalue weighted by Gasteiger charge is 2.21. The molecule has 0 spiro atoms. The molecule has 0 aliphatic rings. The Morgan fingerprint density at radius 2 is 1.71 bits per heavy atom. The predicted octanol–water partition coefficient (Wildman–Crippen LogP) is 6.94. The number of aromatic nitrogens is 1. The number of H-pyrrole nitrogens is 1. The van der Waals surface area contributed by atoms with Crippen LogP contribution in [0.15, 0.2) is 77.8 Å². The number of hydrogen-bond acceptors (Lipinski definition) is 5. The van der Waals surface area contributed by atoms with E-state index in [4.69, 9.17) is 9.73 Å². The molecule has 8 nitrogen and oxygen atoms in total. The summed E-state index contributed by atoms with van der Waals surface area (Å²) in [7, 11) is 1.81. The minimum Gasteiger partial charge on any atom is -0.494 e. The molecule has 1 aromatic heterocycles. The molecule has 0 fully saturated rings. The average molecular weight is 555 g/mol. The zero-order valence-electron chi connectivity index (χ0n) is 24.3. The molecule has 1 heterocycles. The summed E-state index contributed by atoms with van der Waals surface area (Å²) in [6, 6.07) is 22.5.